The maximum absolute atomic E-state index is 2.41. The maximum atomic E-state index is 2.41. The topological polar surface area (TPSA) is 4.93 Å². The third-order valence-corrected chi connectivity index (χ3v) is 11.8. The molecule has 10 rings (SSSR count). The maximum Gasteiger partial charge on any atom is 0.0541 e. The molecule has 0 radical (unpaired) electrons. The first-order valence-electron chi connectivity index (χ1n) is 19.3. The van der Waals surface area contributed by atoms with E-state index in [1.165, 1.54) is 116 Å². The summed E-state index contributed by atoms with van der Waals surface area (Å²) in [6, 6.07) is 65.1. The first kappa shape index (κ1) is 32.9. The molecule has 0 aliphatic rings. The van der Waals surface area contributed by atoms with Gasteiger partial charge in [0.15, 0.2) is 0 Å². The summed E-state index contributed by atoms with van der Waals surface area (Å²) in [5.41, 5.74) is 18.9. The Bertz CT molecular complexity index is 3010. The molecule has 0 fully saturated rings. The van der Waals surface area contributed by atoms with Crippen LogP contribution in [0, 0.1) is 27.7 Å². The van der Waals surface area contributed by atoms with E-state index in [9.17, 15) is 0 Å². The minimum atomic E-state index is 1.18. The van der Waals surface area contributed by atoms with Gasteiger partial charge in [0.1, 0.15) is 0 Å². The molecule has 1 heteroatoms. The molecular weight excluding hydrogens is 663 g/mol. The molecule has 0 saturated carbocycles. The lowest BCUT2D eigenvalue weighted by molar-refractivity contribution is 1.18. The molecule has 9 aromatic carbocycles. The second kappa shape index (κ2) is 13.0. The lowest BCUT2D eigenvalue weighted by atomic mass is 9.83. The Morgan fingerprint density at radius 1 is 0.273 bits per heavy atom. The van der Waals surface area contributed by atoms with E-state index >= 15 is 0 Å². The zero-order valence-corrected chi connectivity index (χ0v) is 31.7. The van der Waals surface area contributed by atoms with Crippen LogP contribution in [-0.4, -0.2) is 4.57 Å². The SMILES string of the molecule is Cc1cc2c(-c3ccccc3)c3cc(C)c(C)cc3c(-c3ccc(-c4ccc(-c5ccc6c(c5)c5ccccc5n6-c5ccccc5)cc4)cc3)c2cc1C. The van der Waals surface area contributed by atoms with Crippen LogP contribution in [0.3, 0.4) is 0 Å². The van der Waals surface area contributed by atoms with Crippen LogP contribution in [0.4, 0.5) is 0 Å². The average molecular weight is 704 g/mol. The van der Waals surface area contributed by atoms with Crippen LogP contribution in [0.5, 0.6) is 0 Å². The van der Waals surface area contributed by atoms with Gasteiger partial charge in [0.25, 0.3) is 0 Å². The van der Waals surface area contributed by atoms with Crippen molar-refractivity contribution in [1.82, 2.24) is 4.57 Å². The number of hydrogen-bond donors (Lipinski definition) is 0. The van der Waals surface area contributed by atoms with Crippen LogP contribution in [0.15, 0.2) is 176 Å². The molecule has 1 nitrogen and oxygen atoms in total. The zero-order valence-electron chi connectivity index (χ0n) is 31.7. The second-order valence-corrected chi connectivity index (χ2v) is 15.2. The number of rotatable bonds is 5. The summed E-state index contributed by atoms with van der Waals surface area (Å²) in [7, 11) is 0. The molecule has 10 aromatic rings. The summed E-state index contributed by atoms with van der Waals surface area (Å²) in [6.45, 7) is 8.94. The summed E-state index contributed by atoms with van der Waals surface area (Å²) >= 11 is 0. The highest BCUT2D eigenvalue weighted by molar-refractivity contribution is 6.22. The molecule has 0 spiro atoms. The summed E-state index contributed by atoms with van der Waals surface area (Å²) in [5, 5.41) is 7.76. The van der Waals surface area contributed by atoms with E-state index < -0.39 is 0 Å². The van der Waals surface area contributed by atoms with E-state index in [4.69, 9.17) is 0 Å². The highest BCUT2D eigenvalue weighted by Crippen LogP contribution is 2.45. The predicted octanol–water partition coefficient (Wildman–Crippen LogP) is 15.0. The van der Waals surface area contributed by atoms with Crippen molar-refractivity contribution in [1.29, 1.82) is 0 Å². The van der Waals surface area contributed by atoms with Gasteiger partial charge in [-0.3, -0.25) is 0 Å². The number of fused-ring (bicyclic) bond motifs is 5. The molecule has 0 aliphatic carbocycles. The summed E-state index contributed by atoms with van der Waals surface area (Å²) in [5.74, 6) is 0. The van der Waals surface area contributed by atoms with Crippen molar-refractivity contribution in [2.45, 2.75) is 27.7 Å². The highest BCUT2D eigenvalue weighted by atomic mass is 15.0. The first-order valence-corrected chi connectivity index (χ1v) is 19.3. The van der Waals surface area contributed by atoms with Gasteiger partial charge in [0.2, 0.25) is 0 Å². The van der Waals surface area contributed by atoms with E-state index in [1.54, 1.807) is 0 Å². The quantitative estimate of drug-likeness (QED) is 0.157. The average Bonchev–Trinajstić information content (AvgIpc) is 3.56. The van der Waals surface area contributed by atoms with Gasteiger partial charge in [-0.2, -0.15) is 0 Å². The highest BCUT2D eigenvalue weighted by Gasteiger charge is 2.19. The molecule has 0 atom stereocenters. The zero-order chi connectivity index (χ0) is 37.2. The Kier molecular flexibility index (Phi) is 7.78. The van der Waals surface area contributed by atoms with Crippen molar-refractivity contribution in [3.63, 3.8) is 0 Å². The standard InChI is InChI=1S/C54H41N/c1-34-29-47-49(31-36(34)3)54(50-32-37(4)35(2)30-48(50)53(47)41-13-7-5-8-14-41)42-25-23-39(24-26-42)38-19-21-40(22-20-38)43-27-28-52-46(33-43)45-17-11-12-18-51(45)55(52)44-15-9-6-10-16-44/h5-33H,1-4H3. The van der Waals surface area contributed by atoms with E-state index in [0.29, 0.717) is 0 Å². The Balaban J connectivity index is 1.05. The van der Waals surface area contributed by atoms with Gasteiger partial charge >= 0.3 is 0 Å². The monoisotopic (exact) mass is 703 g/mol. The smallest absolute Gasteiger partial charge is 0.0541 e. The fourth-order valence-electron chi connectivity index (χ4n) is 8.67. The van der Waals surface area contributed by atoms with E-state index in [0.717, 1.165) is 0 Å². The minimum absolute atomic E-state index is 1.18. The van der Waals surface area contributed by atoms with Crippen molar-refractivity contribution < 1.29 is 0 Å². The first-order chi connectivity index (χ1) is 26.9. The van der Waals surface area contributed by atoms with Crippen LogP contribution in [-0.2, 0) is 0 Å². The van der Waals surface area contributed by atoms with Gasteiger partial charge in [-0.1, -0.05) is 146 Å². The van der Waals surface area contributed by atoms with Crippen molar-refractivity contribution >= 4 is 43.4 Å². The van der Waals surface area contributed by atoms with E-state index in [1.807, 2.05) is 0 Å². The van der Waals surface area contributed by atoms with Gasteiger partial charge in [-0.05, 0) is 146 Å². The molecule has 0 amide bonds. The third kappa shape index (κ3) is 5.46. The molecule has 0 unspecified atom stereocenters. The largest absolute Gasteiger partial charge is 0.309 e. The Hall–Kier alpha value is -6.70. The molecule has 1 aromatic heterocycles. The van der Waals surface area contributed by atoms with Gasteiger partial charge in [-0.25, -0.2) is 0 Å². The van der Waals surface area contributed by atoms with Gasteiger partial charge in [0, 0.05) is 16.5 Å². The predicted molar refractivity (Wildman–Crippen MR) is 236 cm³/mol. The van der Waals surface area contributed by atoms with Crippen molar-refractivity contribution in [3.8, 4) is 50.2 Å². The van der Waals surface area contributed by atoms with Crippen molar-refractivity contribution in [3.05, 3.63) is 198 Å². The van der Waals surface area contributed by atoms with Gasteiger partial charge < -0.3 is 4.57 Å². The minimum Gasteiger partial charge on any atom is -0.309 e. The molecular formula is C54H41N. The molecule has 0 bridgehead atoms. The molecule has 0 saturated heterocycles. The van der Waals surface area contributed by atoms with Crippen LogP contribution < -0.4 is 0 Å². The molecule has 55 heavy (non-hydrogen) atoms. The molecule has 1 heterocycles. The second-order valence-electron chi connectivity index (χ2n) is 15.2. The number of aryl methyl sites for hydroxylation is 4. The summed E-state index contributed by atoms with van der Waals surface area (Å²) in [6.07, 6.45) is 0. The lowest BCUT2D eigenvalue weighted by Crippen LogP contribution is -1.95. The van der Waals surface area contributed by atoms with E-state index in [-0.39, 0.29) is 0 Å². The van der Waals surface area contributed by atoms with E-state index in [2.05, 4.69) is 208 Å². The number of hydrogen-bond acceptors (Lipinski definition) is 0. The Morgan fingerprint density at radius 2 is 0.655 bits per heavy atom. The summed E-state index contributed by atoms with van der Waals surface area (Å²) < 4.78 is 2.37. The fourth-order valence-corrected chi connectivity index (χ4v) is 8.67. The number of para-hydroxylation sites is 2. The summed E-state index contributed by atoms with van der Waals surface area (Å²) in [4.78, 5) is 0. The van der Waals surface area contributed by atoms with Crippen molar-refractivity contribution in [2.24, 2.45) is 0 Å². The molecule has 0 aliphatic heterocycles. The normalized spacial score (nSPS) is 11.6. The fraction of sp³-hybridized carbons (Fsp3) is 0.0741. The van der Waals surface area contributed by atoms with Crippen LogP contribution in [0.1, 0.15) is 22.3 Å². The number of aromatic nitrogens is 1. The number of nitrogens with zero attached hydrogens (tertiary/aromatic N) is 1. The lowest BCUT2D eigenvalue weighted by Gasteiger charge is -2.20. The number of benzene rings is 9. The van der Waals surface area contributed by atoms with Crippen molar-refractivity contribution in [2.75, 3.05) is 0 Å². The van der Waals surface area contributed by atoms with Gasteiger partial charge in [0.05, 0.1) is 11.0 Å². The molecule has 0 N–H and O–H groups in total. The van der Waals surface area contributed by atoms with Crippen LogP contribution in [0.25, 0.3) is 93.5 Å². The van der Waals surface area contributed by atoms with Crippen LogP contribution >= 0.6 is 0 Å². The van der Waals surface area contributed by atoms with Crippen LogP contribution in [0.2, 0.25) is 0 Å². The Labute approximate surface area is 322 Å². The Morgan fingerprint density at radius 3 is 1.18 bits per heavy atom. The third-order valence-electron chi connectivity index (χ3n) is 11.8. The van der Waals surface area contributed by atoms with Gasteiger partial charge in [-0.15, -0.1) is 0 Å². The molecule has 262 valence electrons.